The first-order valence-corrected chi connectivity index (χ1v) is 31.7. The van der Waals surface area contributed by atoms with Gasteiger partial charge in [0.2, 0.25) is 0 Å². The van der Waals surface area contributed by atoms with Gasteiger partial charge in [0.15, 0.2) is 56.6 Å². The van der Waals surface area contributed by atoms with Crippen molar-refractivity contribution in [3.63, 3.8) is 0 Å². The smallest absolute Gasteiger partial charge is 0.187 e. The average molecular weight is 1460 g/mol. The van der Waals surface area contributed by atoms with Crippen molar-refractivity contribution >= 4 is 0 Å². The molecule has 27 saturated heterocycles. The minimum absolute atomic E-state index is 1.11. The summed E-state index contributed by atoms with van der Waals surface area (Å²) < 4.78 is 103. The molecular weight excluding hydrogens is 1370 g/mol. The van der Waals surface area contributed by atoms with E-state index in [4.69, 9.17) is 85.3 Å². The molecule has 0 aromatic rings. The summed E-state index contributed by atoms with van der Waals surface area (Å²) in [5, 5.41) is 300. The predicted octanol–water partition coefficient (Wildman–Crippen LogP) is -19.6. The van der Waals surface area contributed by atoms with Crippen LogP contribution in [0.1, 0.15) is 0 Å². The van der Waals surface area contributed by atoms with Crippen LogP contribution >= 0.6 is 0 Å². The molecule has 576 valence electrons. The van der Waals surface area contributed by atoms with Gasteiger partial charge in [-0.3, -0.25) is 0 Å². The molecule has 0 aliphatic carbocycles. The lowest BCUT2D eigenvalue weighted by Gasteiger charge is -2.50. The lowest BCUT2D eigenvalue weighted by Crippen LogP contribution is -2.68. The summed E-state index contributed by atoms with van der Waals surface area (Å²) in [4.78, 5) is 0. The quantitative estimate of drug-likeness (QED) is 0.102. The van der Waals surface area contributed by atoms with Crippen molar-refractivity contribution < 1.29 is 223 Å². The van der Waals surface area contributed by atoms with Gasteiger partial charge in [0.25, 0.3) is 0 Å². The Balaban J connectivity index is 0.896. The average Bonchev–Trinajstić information content (AvgIpc) is 0.780. The molecule has 45 atom stereocenters. The van der Waals surface area contributed by atoms with E-state index in [1.165, 1.54) is 0 Å². The Hall–Kier alpha value is -1.80. The Morgan fingerprint density at radius 3 is 0.273 bits per heavy atom. The summed E-state index contributed by atoms with van der Waals surface area (Å²) in [6, 6.07) is 0. The normalized spacial score (nSPS) is 55.4. The fourth-order valence-electron chi connectivity index (χ4n) is 13.4. The van der Waals surface area contributed by atoms with Gasteiger partial charge in [-0.05, 0) is 0 Å². The minimum Gasteiger partial charge on any atom is -0.394 e. The van der Waals surface area contributed by atoms with E-state index < -0.39 is 336 Å². The van der Waals surface area contributed by atoms with E-state index in [0.717, 1.165) is 0 Å². The van der Waals surface area contributed by atoms with Crippen LogP contribution in [0.4, 0.5) is 0 Å². The molecule has 45 nitrogen and oxygen atoms in total. The van der Waals surface area contributed by atoms with Crippen LogP contribution in [0.25, 0.3) is 0 Å². The number of hydrogen-bond acceptors (Lipinski definition) is 45. The molecule has 45 heteroatoms. The molecule has 99 heavy (non-hydrogen) atoms. The fourth-order valence-corrected chi connectivity index (χ4v) is 13.4. The van der Waals surface area contributed by atoms with Gasteiger partial charge >= 0.3 is 0 Å². The van der Waals surface area contributed by atoms with Crippen LogP contribution in [0.15, 0.2) is 0 Å². The summed E-state index contributed by atoms with van der Waals surface area (Å²) in [5.41, 5.74) is 0. The SMILES string of the molecule is OC[C@H]1O[C@@H]2OC3[C@@H](CO)O[C@H](OC4[C@@H](CO)O[C@H](OC5[C@@H](CO)OC(O[C@H]6[C@H](O)[C@@H](O)C(O[C@H]7[C@H](O)[C@@H](O)C(O[C@H]8[C@H](O)[C@@H](O)C(O[C@H]9[C@H](O)[C@@H](O)[C@@H](OC%10[C@@H](CO)O[C@H](OC1[C@@H](O)[C@H]2O)[C@H](O)[C@H]%10O)O[C@@H]9CO)O[C@@H]8CO)O[C@@H]7CO)O[C@@H]6CO)[C@@H](O)[C@H]5O)[C@H](O)[C@H]4O)[C@H](O)[C@H]3O. The first-order valence-electron chi connectivity index (χ1n) is 31.7. The Morgan fingerprint density at radius 2 is 0.202 bits per heavy atom. The number of hydrogen-bond donors (Lipinski definition) is 27. The number of aliphatic hydroxyl groups is 27. The summed E-state index contributed by atoms with van der Waals surface area (Å²) in [6.07, 6.45) is -93.8. The van der Waals surface area contributed by atoms with Gasteiger partial charge in [-0.15, -0.1) is 0 Å². The van der Waals surface area contributed by atoms with Gasteiger partial charge in [0.1, 0.15) is 220 Å². The molecule has 27 aliphatic heterocycles. The third-order valence-corrected chi connectivity index (χ3v) is 19.0. The predicted molar refractivity (Wildman–Crippen MR) is 294 cm³/mol. The first kappa shape index (κ1) is 79.8. The zero-order chi connectivity index (χ0) is 72.1. The maximum Gasteiger partial charge on any atom is 0.187 e. The summed E-state index contributed by atoms with van der Waals surface area (Å²) in [5.74, 6) is 0. The summed E-state index contributed by atoms with van der Waals surface area (Å²) >= 11 is 0. The van der Waals surface area contributed by atoms with Gasteiger partial charge in [-0.1, -0.05) is 0 Å². The minimum atomic E-state index is -2.28. The molecule has 0 aromatic heterocycles. The highest BCUT2D eigenvalue weighted by Gasteiger charge is 2.61. The van der Waals surface area contributed by atoms with Crippen molar-refractivity contribution in [2.24, 2.45) is 0 Å². The number of ether oxygens (including phenoxy) is 18. The van der Waals surface area contributed by atoms with Crippen LogP contribution in [0.5, 0.6) is 0 Å². The van der Waals surface area contributed by atoms with Crippen molar-refractivity contribution in [3.05, 3.63) is 0 Å². The number of aliphatic hydroxyl groups excluding tert-OH is 27. The van der Waals surface area contributed by atoms with Crippen molar-refractivity contribution in [3.8, 4) is 0 Å². The topological polar surface area (TPSA) is 712 Å². The van der Waals surface area contributed by atoms with Gasteiger partial charge in [0, 0.05) is 0 Å². The molecule has 0 saturated carbocycles. The Bertz CT molecular complexity index is 1940. The van der Waals surface area contributed by atoms with Crippen molar-refractivity contribution in [2.45, 2.75) is 276 Å². The monoisotopic (exact) mass is 1460 g/mol. The van der Waals surface area contributed by atoms with Crippen LogP contribution in [0.3, 0.4) is 0 Å². The molecule has 0 amide bonds. The second-order valence-electron chi connectivity index (χ2n) is 25.3. The highest BCUT2D eigenvalue weighted by atomic mass is 16.8. The van der Waals surface area contributed by atoms with E-state index in [1.54, 1.807) is 0 Å². The van der Waals surface area contributed by atoms with Crippen LogP contribution < -0.4 is 0 Å². The Morgan fingerprint density at radius 1 is 0.121 bits per heavy atom. The third kappa shape index (κ3) is 15.8. The van der Waals surface area contributed by atoms with E-state index in [2.05, 4.69) is 0 Å². The molecule has 9 unspecified atom stereocenters. The summed E-state index contributed by atoms with van der Waals surface area (Å²) in [6.45, 7) is -9.99. The highest BCUT2D eigenvalue weighted by molar-refractivity contribution is 5.03. The van der Waals surface area contributed by atoms with E-state index >= 15 is 0 Å². The maximum atomic E-state index is 11.5. The fraction of sp³-hybridized carbons (Fsp3) is 1.00. The molecule has 0 spiro atoms. The summed E-state index contributed by atoms with van der Waals surface area (Å²) in [7, 11) is 0. The lowest BCUT2D eigenvalue weighted by molar-refractivity contribution is -0.399. The van der Waals surface area contributed by atoms with Gasteiger partial charge < -0.3 is 223 Å². The van der Waals surface area contributed by atoms with E-state index in [9.17, 15) is 138 Å². The first-order chi connectivity index (χ1) is 47.1. The molecular formula is C54H90O45. The van der Waals surface area contributed by atoms with Crippen LogP contribution in [0, 0.1) is 0 Å². The molecule has 0 aromatic carbocycles. The Labute approximate surface area is 558 Å². The third-order valence-electron chi connectivity index (χ3n) is 19.0. The second-order valence-corrected chi connectivity index (χ2v) is 25.3. The second kappa shape index (κ2) is 34.0. The van der Waals surface area contributed by atoms with E-state index in [-0.39, 0.29) is 0 Å². The van der Waals surface area contributed by atoms with Crippen molar-refractivity contribution in [1.82, 2.24) is 0 Å². The van der Waals surface area contributed by atoms with Gasteiger partial charge in [-0.2, -0.15) is 0 Å². The Kier molecular flexibility index (Phi) is 27.4. The molecule has 18 bridgehead atoms. The molecule has 0 radical (unpaired) electrons. The zero-order valence-corrected chi connectivity index (χ0v) is 51.8. The lowest BCUT2D eigenvalue weighted by atomic mass is 9.95. The van der Waals surface area contributed by atoms with Crippen LogP contribution in [-0.2, 0) is 85.3 Å². The van der Waals surface area contributed by atoms with E-state index in [0.29, 0.717) is 0 Å². The van der Waals surface area contributed by atoms with Gasteiger partial charge in [-0.25, -0.2) is 0 Å². The highest BCUT2D eigenvalue weighted by Crippen LogP contribution is 2.40. The molecule has 27 fully saturated rings. The molecule has 27 rings (SSSR count). The molecule has 27 N–H and O–H groups in total. The van der Waals surface area contributed by atoms with Crippen molar-refractivity contribution in [1.29, 1.82) is 0 Å². The number of rotatable bonds is 9. The van der Waals surface area contributed by atoms with Crippen molar-refractivity contribution in [2.75, 3.05) is 59.5 Å². The maximum absolute atomic E-state index is 11.5. The van der Waals surface area contributed by atoms with E-state index in [1.807, 2.05) is 0 Å². The standard InChI is InChI=1S/C54H90O45/c55-1-10-37-19(64)28(73)46(82-10)92-38-11(2-56)84-48(30(75)21(38)66)94-40-13(4-58)86-50(32(77)23(40)68)96-42-15(6-60)88-52(34(79)25(42)70)98-44-17(8-62)90-54(36(81)27(44)72)99-45-18(9-63)89-53(35(80)26(45)71)97-43-16(7-61)87-51(33(78)24(43)69)95-41-14(5-59)85-49(31(76)22(41)67)93-39-12(3-57)83-47(91-37)29(74)20(39)65/h10-81H,1-9H2/t10-,11-,12-,13-,14-,15-,16-,17-,18-,19-,20-,21-,22-,23-,24-,25-,26-,27+,28-,29-,30-,31+,32-,33-,34-,35-,36-,37-,38-,39-,40-,41?,42?,43?,44?,45?,46?,47?,48?,49?,50-,51-,52-,53-,54-/m1/s1. The van der Waals surface area contributed by atoms with Crippen LogP contribution in [0.2, 0.25) is 0 Å². The molecule has 27 heterocycles. The van der Waals surface area contributed by atoms with Gasteiger partial charge in [0.05, 0.1) is 59.5 Å². The largest absolute Gasteiger partial charge is 0.394 e. The molecule has 27 aliphatic rings. The zero-order valence-electron chi connectivity index (χ0n) is 51.8. The van der Waals surface area contributed by atoms with Crippen LogP contribution in [-0.4, -0.2) is 474 Å².